The molecule has 0 N–H and O–H groups in total. The second kappa shape index (κ2) is 9.44. The van der Waals surface area contributed by atoms with E-state index in [1.54, 1.807) is 5.20 Å². The molecule has 0 aromatic heterocycles. The topological polar surface area (TPSA) is 0 Å². The van der Waals surface area contributed by atoms with Crippen LogP contribution in [-0.4, -0.2) is 8.07 Å². The molecule has 4 aromatic carbocycles. The zero-order valence-electron chi connectivity index (χ0n) is 20.4. The molecule has 0 saturated heterocycles. The van der Waals surface area contributed by atoms with Crippen LogP contribution in [0.4, 0.5) is 0 Å². The molecule has 0 radical (unpaired) electrons. The van der Waals surface area contributed by atoms with Gasteiger partial charge in [-0.25, -0.2) is 0 Å². The van der Waals surface area contributed by atoms with Gasteiger partial charge in [-0.15, -0.1) is 0 Å². The Hall–Kier alpha value is -3.42. The van der Waals surface area contributed by atoms with Crippen molar-refractivity contribution in [2.75, 3.05) is 0 Å². The van der Waals surface area contributed by atoms with E-state index in [4.69, 9.17) is 0 Å². The Morgan fingerprint density at radius 1 is 0.588 bits per heavy atom. The number of allylic oxidation sites excluding steroid dienone is 4. The second-order valence-corrected chi connectivity index (χ2v) is 13.5. The Morgan fingerprint density at radius 3 is 1.56 bits per heavy atom. The van der Waals surface area contributed by atoms with E-state index in [-0.39, 0.29) is 0 Å². The van der Waals surface area contributed by atoms with E-state index in [9.17, 15) is 0 Å². The molecule has 0 spiro atoms. The van der Waals surface area contributed by atoms with E-state index in [0.29, 0.717) is 0 Å². The van der Waals surface area contributed by atoms with Crippen molar-refractivity contribution in [1.82, 2.24) is 0 Å². The van der Waals surface area contributed by atoms with Crippen LogP contribution in [0, 0.1) is 20.8 Å². The van der Waals surface area contributed by atoms with Gasteiger partial charge in [0.25, 0.3) is 0 Å². The molecule has 34 heavy (non-hydrogen) atoms. The van der Waals surface area contributed by atoms with E-state index in [1.165, 1.54) is 43.4 Å². The minimum absolute atomic E-state index is 0.990. The van der Waals surface area contributed by atoms with Crippen LogP contribution >= 0.6 is 0 Å². The van der Waals surface area contributed by atoms with Gasteiger partial charge in [-0.1, -0.05) is 137 Å². The van der Waals surface area contributed by atoms with Gasteiger partial charge in [-0.05, 0) is 60.3 Å². The zero-order valence-corrected chi connectivity index (χ0v) is 21.4. The van der Waals surface area contributed by atoms with Crippen molar-refractivity contribution in [3.63, 3.8) is 0 Å². The molecule has 0 bridgehead atoms. The summed E-state index contributed by atoms with van der Waals surface area (Å²) in [6.07, 6.45) is 7.01. The summed E-state index contributed by atoms with van der Waals surface area (Å²) in [6, 6.07) is 38.7. The Kier molecular flexibility index (Phi) is 6.21. The standard InChI is InChI=1S/C33H32Si/c1-25-10-7-15-30(20-25)34(31-16-8-11-26(2)21-31,32-17-9-12-27(3)22-32)33-19-18-29(24-33)23-28-13-5-4-6-14-28/h4-18,20-22,24H,19,23H2,1-3H3. The van der Waals surface area contributed by atoms with Crippen molar-refractivity contribution >= 4 is 23.6 Å². The van der Waals surface area contributed by atoms with Gasteiger partial charge in [0.15, 0.2) is 8.07 Å². The number of rotatable bonds is 6. The molecule has 4 aromatic rings. The number of hydrogen-bond donors (Lipinski definition) is 0. The van der Waals surface area contributed by atoms with Gasteiger partial charge in [0, 0.05) is 0 Å². The molecular weight excluding hydrogens is 424 g/mol. The zero-order chi connectivity index (χ0) is 23.5. The SMILES string of the molecule is Cc1cccc([Si](C2=CC(Cc3ccccc3)=CC2)(c2cccc(C)c2)c2cccc(C)c2)c1. The van der Waals surface area contributed by atoms with E-state index in [2.05, 4.69) is 136 Å². The molecule has 1 aliphatic carbocycles. The van der Waals surface area contributed by atoms with Crippen LogP contribution in [0.1, 0.15) is 28.7 Å². The molecule has 0 amide bonds. The normalized spacial score (nSPS) is 13.5. The number of aryl methyl sites for hydroxylation is 3. The van der Waals surface area contributed by atoms with Gasteiger partial charge in [0.05, 0.1) is 0 Å². The van der Waals surface area contributed by atoms with E-state index in [1.807, 2.05) is 0 Å². The third kappa shape index (κ3) is 4.24. The van der Waals surface area contributed by atoms with Crippen molar-refractivity contribution in [3.8, 4) is 0 Å². The smallest absolute Gasteiger partial charge is 0.0773 e. The van der Waals surface area contributed by atoms with Gasteiger partial charge in [0.2, 0.25) is 0 Å². The second-order valence-electron chi connectivity index (χ2n) is 9.67. The van der Waals surface area contributed by atoms with Gasteiger partial charge in [0.1, 0.15) is 0 Å². The first kappa shape index (κ1) is 22.4. The molecule has 0 aliphatic heterocycles. The monoisotopic (exact) mass is 456 g/mol. The molecule has 1 aliphatic rings. The molecule has 1 heteroatoms. The fraction of sp³-hybridized carbons (Fsp3) is 0.152. The molecule has 0 heterocycles. The number of benzene rings is 4. The summed E-state index contributed by atoms with van der Waals surface area (Å²) >= 11 is 0. The molecular formula is C33H32Si. The summed E-state index contributed by atoms with van der Waals surface area (Å²) in [4.78, 5) is 0. The molecule has 5 rings (SSSR count). The molecule has 0 nitrogen and oxygen atoms in total. The lowest BCUT2D eigenvalue weighted by molar-refractivity contribution is 1.20. The fourth-order valence-corrected chi connectivity index (χ4v) is 10.8. The predicted octanol–water partition coefficient (Wildman–Crippen LogP) is 6.12. The minimum atomic E-state index is -2.43. The lowest BCUT2D eigenvalue weighted by atomic mass is 10.1. The van der Waals surface area contributed by atoms with Crippen molar-refractivity contribution in [1.29, 1.82) is 0 Å². The highest BCUT2D eigenvalue weighted by Crippen LogP contribution is 2.29. The first-order chi connectivity index (χ1) is 16.6. The van der Waals surface area contributed by atoms with E-state index < -0.39 is 8.07 Å². The summed E-state index contributed by atoms with van der Waals surface area (Å²) < 4.78 is 0. The maximum absolute atomic E-state index is 2.53. The van der Waals surface area contributed by atoms with E-state index >= 15 is 0 Å². The van der Waals surface area contributed by atoms with Gasteiger partial charge in [-0.2, -0.15) is 0 Å². The maximum Gasteiger partial charge on any atom is 0.175 e. The van der Waals surface area contributed by atoms with Crippen molar-refractivity contribution in [2.45, 2.75) is 33.6 Å². The maximum atomic E-state index is 2.53. The largest absolute Gasteiger partial charge is 0.175 e. The summed E-state index contributed by atoms with van der Waals surface area (Å²) in [6.45, 7) is 6.66. The summed E-state index contributed by atoms with van der Waals surface area (Å²) in [5.41, 5.74) is 6.79. The van der Waals surface area contributed by atoms with Crippen molar-refractivity contribution < 1.29 is 0 Å². The van der Waals surface area contributed by atoms with Gasteiger partial charge < -0.3 is 0 Å². The van der Waals surface area contributed by atoms with Crippen molar-refractivity contribution in [2.24, 2.45) is 0 Å². The highest BCUT2D eigenvalue weighted by molar-refractivity contribution is 7.16. The molecule has 0 fully saturated rings. The summed E-state index contributed by atoms with van der Waals surface area (Å²) in [5, 5.41) is 6.01. The third-order valence-corrected chi connectivity index (χ3v) is 11.9. The average molecular weight is 457 g/mol. The van der Waals surface area contributed by atoms with Crippen LogP contribution in [0.25, 0.3) is 0 Å². The minimum Gasteiger partial charge on any atom is -0.0773 e. The van der Waals surface area contributed by atoms with Crippen molar-refractivity contribution in [3.05, 3.63) is 148 Å². The van der Waals surface area contributed by atoms with Gasteiger partial charge in [-0.3, -0.25) is 0 Å². The number of hydrogen-bond acceptors (Lipinski definition) is 0. The Morgan fingerprint density at radius 2 is 1.09 bits per heavy atom. The highest BCUT2D eigenvalue weighted by atomic mass is 28.3. The third-order valence-electron chi connectivity index (χ3n) is 7.03. The Bertz CT molecular complexity index is 1260. The molecule has 0 saturated carbocycles. The van der Waals surface area contributed by atoms with Crippen LogP contribution in [0.5, 0.6) is 0 Å². The van der Waals surface area contributed by atoms with Gasteiger partial charge >= 0.3 is 0 Å². The summed E-state index contributed by atoms with van der Waals surface area (Å²) in [5.74, 6) is 0. The fourth-order valence-electron chi connectivity index (χ4n) is 5.49. The predicted molar refractivity (Wildman–Crippen MR) is 149 cm³/mol. The molecule has 0 atom stereocenters. The average Bonchev–Trinajstić information content (AvgIpc) is 3.29. The lowest BCUT2D eigenvalue weighted by Crippen LogP contribution is -2.68. The molecule has 168 valence electrons. The molecule has 0 unspecified atom stereocenters. The Labute approximate surface area is 205 Å². The quantitative estimate of drug-likeness (QED) is 0.242. The van der Waals surface area contributed by atoms with Crippen LogP contribution in [-0.2, 0) is 6.42 Å². The first-order valence-electron chi connectivity index (χ1n) is 12.2. The summed E-state index contributed by atoms with van der Waals surface area (Å²) in [7, 11) is -2.43. The first-order valence-corrected chi connectivity index (χ1v) is 14.2. The van der Waals surface area contributed by atoms with Crippen LogP contribution in [0.3, 0.4) is 0 Å². The van der Waals surface area contributed by atoms with Crippen LogP contribution < -0.4 is 15.6 Å². The lowest BCUT2D eigenvalue weighted by Gasteiger charge is -2.36. The van der Waals surface area contributed by atoms with Crippen LogP contribution in [0.15, 0.2) is 126 Å². The van der Waals surface area contributed by atoms with E-state index in [0.717, 1.165) is 12.8 Å². The highest BCUT2D eigenvalue weighted by Gasteiger charge is 2.43. The van der Waals surface area contributed by atoms with Crippen LogP contribution in [0.2, 0.25) is 0 Å². The Balaban J connectivity index is 1.75.